The Balaban J connectivity index is 1.90. The fourth-order valence-electron chi connectivity index (χ4n) is 3.86. The number of benzene rings is 2. The van der Waals surface area contributed by atoms with Gasteiger partial charge in [-0.15, -0.1) is 0 Å². The molecule has 1 aromatic heterocycles. The van der Waals surface area contributed by atoms with Crippen molar-refractivity contribution in [2.24, 2.45) is 0 Å². The molecule has 0 saturated carbocycles. The van der Waals surface area contributed by atoms with E-state index in [2.05, 4.69) is 4.98 Å². The van der Waals surface area contributed by atoms with Gasteiger partial charge in [-0.05, 0) is 73.5 Å². The monoisotopic (exact) mass is 432 g/mol. The summed E-state index contributed by atoms with van der Waals surface area (Å²) >= 11 is 0. The number of rotatable bonds is 5. The molecule has 1 saturated heterocycles. The molecule has 1 aliphatic heterocycles. The van der Waals surface area contributed by atoms with Gasteiger partial charge in [-0.2, -0.15) is 0 Å². The number of aromatic nitrogens is 1. The molecule has 4 rings (SSSR count). The van der Waals surface area contributed by atoms with Crippen LogP contribution in [0.3, 0.4) is 0 Å². The van der Waals surface area contributed by atoms with Crippen molar-refractivity contribution in [1.29, 1.82) is 0 Å². The molecule has 6 nitrogen and oxygen atoms in total. The summed E-state index contributed by atoms with van der Waals surface area (Å²) in [7, 11) is 0. The van der Waals surface area contributed by atoms with Crippen molar-refractivity contribution in [3.05, 3.63) is 95.1 Å². The second kappa shape index (κ2) is 8.63. The first-order valence-corrected chi connectivity index (χ1v) is 10.1. The van der Waals surface area contributed by atoms with Gasteiger partial charge in [0.25, 0.3) is 11.7 Å². The van der Waals surface area contributed by atoms with E-state index in [1.54, 1.807) is 36.4 Å². The van der Waals surface area contributed by atoms with Crippen LogP contribution >= 0.6 is 0 Å². The topological polar surface area (TPSA) is 79.7 Å². The summed E-state index contributed by atoms with van der Waals surface area (Å²) in [5.74, 6) is -1.88. The van der Waals surface area contributed by atoms with Crippen LogP contribution in [0.15, 0.2) is 72.6 Å². The molecule has 32 heavy (non-hydrogen) atoms. The third kappa shape index (κ3) is 3.73. The third-order valence-electron chi connectivity index (χ3n) is 5.30. The van der Waals surface area contributed by atoms with Gasteiger partial charge in [0, 0.05) is 23.6 Å². The second-order valence-electron chi connectivity index (χ2n) is 7.34. The van der Waals surface area contributed by atoms with Crippen molar-refractivity contribution in [3.63, 3.8) is 0 Å². The Hall–Kier alpha value is -4.00. The van der Waals surface area contributed by atoms with Gasteiger partial charge in [-0.25, -0.2) is 4.39 Å². The quantitative estimate of drug-likeness (QED) is 0.363. The van der Waals surface area contributed by atoms with E-state index in [0.29, 0.717) is 23.5 Å². The molecule has 1 atom stereocenters. The Kier molecular flexibility index (Phi) is 5.73. The zero-order valence-corrected chi connectivity index (χ0v) is 17.6. The highest BCUT2D eigenvalue weighted by Crippen LogP contribution is 2.42. The summed E-state index contributed by atoms with van der Waals surface area (Å²) in [6, 6.07) is 12.8. The lowest BCUT2D eigenvalue weighted by atomic mass is 9.95. The molecule has 2 heterocycles. The maximum absolute atomic E-state index is 13.9. The summed E-state index contributed by atoms with van der Waals surface area (Å²) < 4.78 is 19.5. The van der Waals surface area contributed by atoms with Crippen LogP contribution in [-0.4, -0.2) is 28.4 Å². The van der Waals surface area contributed by atoms with Gasteiger partial charge in [0.05, 0.1) is 18.2 Å². The minimum atomic E-state index is -0.938. The van der Waals surface area contributed by atoms with E-state index in [4.69, 9.17) is 4.74 Å². The standard InChI is InChI=1S/C25H21FN2O4/c1-3-32-20-8-7-17(13-15(20)2)23(29)21-22(16-9-11-27-12-10-16)28(25(31)24(21)30)19-6-4-5-18(26)14-19/h4-14,22,29H,3H2,1-2H3/b23-21+. The van der Waals surface area contributed by atoms with E-state index >= 15 is 0 Å². The third-order valence-corrected chi connectivity index (χ3v) is 5.30. The second-order valence-corrected chi connectivity index (χ2v) is 7.34. The van der Waals surface area contributed by atoms with Gasteiger partial charge in [0.15, 0.2) is 0 Å². The number of aliphatic hydroxyl groups is 1. The van der Waals surface area contributed by atoms with Crippen molar-refractivity contribution < 1.29 is 23.8 Å². The minimum Gasteiger partial charge on any atom is -0.507 e. The van der Waals surface area contributed by atoms with E-state index in [0.717, 1.165) is 5.56 Å². The maximum Gasteiger partial charge on any atom is 0.300 e. The Bertz CT molecular complexity index is 1220. The number of anilines is 1. The number of hydrogen-bond acceptors (Lipinski definition) is 5. The SMILES string of the molecule is CCOc1ccc(/C(O)=C2\C(=O)C(=O)N(c3cccc(F)c3)C2c2ccncc2)cc1C. The number of hydrogen-bond donors (Lipinski definition) is 1. The average molecular weight is 432 g/mol. The fourth-order valence-corrected chi connectivity index (χ4v) is 3.86. The van der Waals surface area contributed by atoms with Crippen LogP contribution in [0.4, 0.5) is 10.1 Å². The predicted octanol–water partition coefficient (Wildman–Crippen LogP) is 4.55. The minimum absolute atomic E-state index is 0.0750. The smallest absolute Gasteiger partial charge is 0.300 e. The summed E-state index contributed by atoms with van der Waals surface area (Å²) in [4.78, 5) is 31.3. The van der Waals surface area contributed by atoms with Crippen molar-refractivity contribution in [3.8, 4) is 5.75 Å². The lowest BCUT2D eigenvalue weighted by Crippen LogP contribution is -2.29. The first-order valence-electron chi connectivity index (χ1n) is 10.1. The van der Waals surface area contributed by atoms with Gasteiger partial charge >= 0.3 is 0 Å². The van der Waals surface area contributed by atoms with Crippen LogP contribution in [0.2, 0.25) is 0 Å². The van der Waals surface area contributed by atoms with Crippen molar-refractivity contribution in [2.75, 3.05) is 11.5 Å². The number of ketones is 1. The molecule has 3 aromatic rings. The molecule has 0 aliphatic carbocycles. The number of nitrogens with zero attached hydrogens (tertiary/aromatic N) is 2. The zero-order chi connectivity index (χ0) is 22.8. The number of carbonyl (C=O) groups excluding carboxylic acids is 2. The van der Waals surface area contributed by atoms with E-state index in [-0.39, 0.29) is 17.0 Å². The van der Waals surface area contributed by atoms with E-state index in [1.165, 1.54) is 35.5 Å². The number of aryl methyl sites for hydroxylation is 1. The Morgan fingerprint density at radius 3 is 2.53 bits per heavy atom. The number of Topliss-reactive ketones (excluding diaryl/α,β-unsaturated/α-hetero) is 1. The number of carbonyl (C=O) groups is 2. The van der Waals surface area contributed by atoms with Crippen molar-refractivity contribution in [1.82, 2.24) is 4.98 Å². The number of halogens is 1. The summed E-state index contributed by atoms with van der Waals surface area (Å²) in [6.45, 7) is 4.19. The molecule has 0 radical (unpaired) electrons. The molecule has 1 amide bonds. The van der Waals surface area contributed by atoms with Crippen molar-refractivity contribution in [2.45, 2.75) is 19.9 Å². The number of ether oxygens (including phenoxy) is 1. The average Bonchev–Trinajstić information content (AvgIpc) is 3.06. The van der Waals surface area contributed by atoms with Crippen LogP contribution < -0.4 is 9.64 Å². The first-order chi connectivity index (χ1) is 15.4. The molecular weight excluding hydrogens is 411 g/mol. The molecule has 7 heteroatoms. The molecule has 0 spiro atoms. The Labute approximate surface area is 184 Å². The van der Waals surface area contributed by atoms with Crippen LogP contribution in [0.5, 0.6) is 5.75 Å². The lowest BCUT2D eigenvalue weighted by Gasteiger charge is -2.25. The van der Waals surface area contributed by atoms with E-state index in [1.807, 2.05) is 13.8 Å². The van der Waals surface area contributed by atoms with Crippen LogP contribution in [-0.2, 0) is 9.59 Å². The molecule has 0 bridgehead atoms. The van der Waals surface area contributed by atoms with Gasteiger partial charge in [0.1, 0.15) is 17.3 Å². The van der Waals surface area contributed by atoms with Gasteiger partial charge < -0.3 is 9.84 Å². The van der Waals surface area contributed by atoms with Crippen LogP contribution in [0, 0.1) is 12.7 Å². The number of pyridine rings is 1. The molecule has 1 fully saturated rings. The molecule has 162 valence electrons. The number of amides is 1. The lowest BCUT2D eigenvalue weighted by molar-refractivity contribution is -0.132. The van der Waals surface area contributed by atoms with Crippen molar-refractivity contribution >= 4 is 23.1 Å². The summed E-state index contributed by atoms with van der Waals surface area (Å²) in [6.07, 6.45) is 3.06. The van der Waals surface area contributed by atoms with Gasteiger partial charge in [-0.1, -0.05) is 6.07 Å². The fraction of sp³-hybridized carbons (Fsp3) is 0.160. The highest BCUT2D eigenvalue weighted by atomic mass is 19.1. The van der Waals surface area contributed by atoms with Gasteiger partial charge in [0.2, 0.25) is 0 Å². The highest BCUT2D eigenvalue weighted by Gasteiger charge is 2.47. The van der Waals surface area contributed by atoms with Gasteiger partial charge in [-0.3, -0.25) is 19.5 Å². The molecular formula is C25H21FN2O4. The first kappa shape index (κ1) is 21.2. The summed E-state index contributed by atoms with van der Waals surface area (Å²) in [5, 5.41) is 11.2. The van der Waals surface area contributed by atoms with E-state index < -0.39 is 23.5 Å². The Morgan fingerprint density at radius 1 is 1.12 bits per heavy atom. The Morgan fingerprint density at radius 2 is 1.88 bits per heavy atom. The van der Waals surface area contributed by atoms with E-state index in [9.17, 15) is 19.1 Å². The largest absolute Gasteiger partial charge is 0.507 e. The number of aliphatic hydroxyl groups excluding tert-OH is 1. The molecule has 2 aromatic carbocycles. The summed E-state index contributed by atoms with van der Waals surface area (Å²) in [5.41, 5.74) is 1.86. The zero-order valence-electron chi connectivity index (χ0n) is 17.6. The maximum atomic E-state index is 13.9. The van der Waals surface area contributed by atoms with Crippen LogP contribution in [0.25, 0.3) is 5.76 Å². The highest BCUT2D eigenvalue weighted by molar-refractivity contribution is 6.51. The molecule has 1 unspecified atom stereocenters. The molecule has 1 aliphatic rings. The molecule has 1 N–H and O–H groups in total. The predicted molar refractivity (Wildman–Crippen MR) is 118 cm³/mol. The van der Waals surface area contributed by atoms with Crippen LogP contribution in [0.1, 0.15) is 29.7 Å². The normalized spacial score (nSPS) is 17.6.